The fraction of sp³-hybridized carbons (Fsp3) is 0.450. The first kappa shape index (κ1) is 18.6. The van der Waals surface area contributed by atoms with E-state index in [0.717, 1.165) is 44.4 Å². The van der Waals surface area contributed by atoms with Gasteiger partial charge >= 0.3 is 0 Å². The number of methoxy groups -OCH3 is 1. The largest absolute Gasteiger partial charge is 0.497 e. The summed E-state index contributed by atoms with van der Waals surface area (Å²) < 4.78 is 5.34. The van der Waals surface area contributed by atoms with Crippen LogP contribution in [0, 0.1) is 5.92 Å². The summed E-state index contributed by atoms with van der Waals surface area (Å²) >= 11 is 1.75. The number of nitrogens with one attached hydrogen (secondary N) is 2. The minimum Gasteiger partial charge on any atom is -0.497 e. The van der Waals surface area contributed by atoms with Crippen molar-refractivity contribution in [3.8, 4) is 5.75 Å². The summed E-state index contributed by atoms with van der Waals surface area (Å²) in [5.74, 6) is 2.44. The van der Waals surface area contributed by atoms with E-state index in [9.17, 15) is 0 Å². The van der Waals surface area contributed by atoms with Crippen molar-refractivity contribution in [3.63, 3.8) is 0 Å². The lowest BCUT2D eigenvalue weighted by Gasteiger charge is -2.20. The zero-order chi connectivity index (χ0) is 18.2. The Morgan fingerprint density at radius 1 is 1.31 bits per heavy atom. The highest BCUT2D eigenvalue weighted by molar-refractivity contribution is 7.09. The molecule has 0 radical (unpaired) electrons. The average Bonchev–Trinajstić information content (AvgIpc) is 3.36. The molecule has 26 heavy (non-hydrogen) atoms. The van der Waals surface area contributed by atoms with Crippen LogP contribution in [0.3, 0.4) is 0 Å². The molecule has 0 saturated carbocycles. The molecule has 1 aliphatic rings. The Labute approximate surface area is 160 Å². The van der Waals surface area contributed by atoms with Gasteiger partial charge in [0.05, 0.1) is 13.7 Å². The molecule has 3 rings (SSSR count). The molecular weight excluding hydrogens is 344 g/mol. The van der Waals surface area contributed by atoms with Gasteiger partial charge in [0.15, 0.2) is 5.96 Å². The van der Waals surface area contributed by atoms with Gasteiger partial charge in [-0.3, -0.25) is 0 Å². The van der Waals surface area contributed by atoms with E-state index >= 15 is 0 Å². The van der Waals surface area contributed by atoms with Crippen LogP contribution in [0.25, 0.3) is 0 Å². The van der Waals surface area contributed by atoms with Gasteiger partial charge in [0.25, 0.3) is 0 Å². The van der Waals surface area contributed by atoms with E-state index in [1.807, 2.05) is 6.07 Å². The van der Waals surface area contributed by atoms with E-state index in [4.69, 9.17) is 9.73 Å². The van der Waals surface area contributed by atoms with E-state index in [1.54, 1.807) is 18.4 Å². The van der Waals surface area contributed by atoms with Gasteiger partial charge in [-0.05, 0) is 42.8 Å². The van der Waals surface area contributed by atoms with Crippen molar-refractivity contribution in [3.05, 3.63) is 46.7 Å². The van der Waals surface area contributed by atoms with Crippen LogP contribution in [-0.2, 0) is 6.54 Å². The number of ether oxygens (including phenoxy) is 1. The lowest BCUT2D eigenvalue weighted by molar-refractivity contribution is 0.415. The number of hydrogen-bond donors (Lipinski definition) is 2. The van der Waals surface area contributed by atoms with Crippen molar-refractivity contribution in [2.75, 3.05) is 38.2 Å². The summed E-state index contributed by atoms with van der Waals surface area (Å²) in [5, 5.41) is 8.95. The average molecular weight is 373 g/mol. The Bertz CT molecular complexity index is 702. The van der Waals surface area contributed by atoms with Crippen LogP contribution in [0.5, 0.6) is 5.75 Å². The van der Waals surface area contributed by atoms with Crippen LogP contribution in [-0.4, -0.2) is 39.2 Å². The third-order valence-corrected chi connectivity index (χ3v) is 5.44. The molecule has 1 aromatic carbocycles. The molecule has 1 atom stereocenters. The van der Waals surface area contributed by atoms with E-state index in [1.165, 1.54) is 17.0 Å². The molecule has 1 saturated heterocycles. The first-order chi connectivity index (χ1) is 12.8. The van der Waals surface area contributed by atoms with Crippen molar-refractivity contribution in [2.45, 2.75) is 19.9 Å². The summed E-state index contributed by atoms with van der Waals surface area (Å²) in [5.41, 5.74) is 1.24. The highest BCUT2D eigenvalue weighted by Crippen LogP contribution is 2.26. The first-order valence-electron chi connectivity index (χ1n) is 9.22. The molecule has 2 heterocycles. The number of rotatable bonds is 7. The maximum Gasteiger partial charge on any atom is 0.191 e. The number of guanidine groups is 1. The topological polar surface area (TPSA) is 48.9 Å². The van der Waals surface area contributed by atoms with Crippen LogP contribution in [0.1, 0.15) is 18.2 Å². The normalized spacial score (nSPS) is 17.4. The second kappa shape index (κ2) is 9.48. The molecule has 1 aliphatic heterocycles. The van der Waals surface area contributed by atoms with Gasteiger partial charge in [-0.2, -0.15) is 0 Å². The predicted molar refractivity (Wildman–Crippen MR) is 110 cm³/mol. The molecule has 2 N–H and O–H groups in total. The second-order valence-corrected chi connectivity index (χ2v) is 7.49. The lowest BCUT2D eigenvalue weighted by atomic mass is 10.1. The fourth-order valence-corrected chi connectivity index (χ4v) is 3.81. The lowest BCUT2D eigenvalue weighted by Crippen LogP contribution is -2.40. The van der Waals surface area contributed by atoms with E-state index in [2.05, 4.69) is 58.2 Å². The number of anilines is 1. The van der Waals surface area contributed by atoms with Crippen molar-refractivity contribution in [1.29, 1.82) is 0 Å². The van der Waals surface area contributed by atoms with Crippen LogP contribution < -0.4 is 20.3 Å². The van der Waals surface area contributed by atoms with Crippen LogP contribution in [0.15, 0.2) is 46.8 Å². The Morgan fingerprint density at radius 2 is 2.23 bits per heavy atom. The smallest absolute Gasteiger partial charge is 0.191 e. The summed E-state index contributed by atoms with van der Waals surface area (Å²) in [4.78, 5) is 8.41. The van der Waals surface area contributed by atoms with Gasteiger partial charge in [-0.25, -0.2) is 4.99 Å². The van der Waals surface area contributed by atoms with Crippen LogP contribution >= 0.6 is 11.3 Å². The van der Waals surface area contributed by atoms with Crippen LogP contribution in [0.2, 0.25) is 0 Å². The van der Waals surface area contributed by atoms with Crippen molar-refractivity contribution < 1.29 is 4.74 Å². The number of thiophene rings is 1. The Balaban J connectivity index is 1.51. The van der Waals surface area contributed by atoms with E-state index < -0.39 is 0 Å². The van der Waals surface area contributed by atoms with Crippen molar-refractivity contribution in [1.82, 2.24) is 10.6 Å². The zero-order valence-corrected chi connectivity index (χ0v) is 16.4. The monoisotopic (exact) mass is 372 g/mol. The number of benzene rings is 1. The third kappa shape index (κ3) is 5.14. The second-order valence-electron chi connectivity index (χ2n) is 6.46. The highest BCUT2D eigenvalue weighted by atomic mass is 32.1. The van der Waals surface area contributed by atoms with Gasteiger partial charge in [-0.1, -0.05) is 12.1 Å². The van der Waals surface area contributed by atoms with Gasteiger partial charge in [0, 0.05) is 42.8 Å². The third-order valence-electron chi connectivity index (χ3n) is 4.58. The standard InChI is InChI=1S/C20H28N4OS/c1-3-21-20(23-14-19-8-5-11-26-19)22-13-16-9-10-24(15-16)17-6-4-7-18(12-17)25-2/h4-8,11-12,16H,3,9-10,13-15H2,1-2H3,(H2,21,22,23). The van der Waals surface area contributed by atoms with E-state index in [-0.39, 0.29) is 0 Å². The van der Waals surface area contributed by atoms with Crippen molar-refractivity contribution >= 4 is 23.0 Å². The number of aliphatic imine (C=N–C) groups is 1. The molecule has 0 spiro atoms. The van der Waals surface area contributed by atoms with Gasteiger partial charge in [-0.15, -0.1) is 11.3 Å². The summed E-state index contributed by atoms with van der Waals surface area (Å²) in [6, 6.07) is 12.5. The Morgan fingerprint density at radius 3 is 3.00 bits per heavy atom. The van der Waals surface area contributed by atoms with Crippen LogP contribution in [0.4, 0.5) is 5.69 Å². The van der Waals surface area contributed by atoms with Gasteiger partial charge < -0.3 is 20.3 Å². The molecule has 0 aliphatic carbocycles. The molecule has 1 unspecified atom stereocenters. The molecule has 0 bridgehead atoms. The zero-order valence-electron chi connectivity index (χ0n) is 15.6. The first-order valence-corrected chi connectivity index (χ1v) is 10.1. The van der Waals surface area contributed by atoms with Gasteiger partial charge in [0.1, 0.15) is 5.75 Å². The molecule has 1 aromatic heterocycles. The fourth-order valence-electron chi connectivity index (χ4n) is 3.18. The molecular formula is C20H28N4OS. The summed E-state index contributed by atoms with van der Waals surface area (Å²) in [6.07, 6.45) is 1.19. The van der Waals surface area contributed by atoms with Gasteiger partial charge in [0.2, 0.25) is 0 Å². The summed E-state index contributed by atoms with van der Waals surface area (Å²) in [7, 11) is 1.72. The molecule has 5 nitrogen and oxygen atoms in total. The predicted octanol–water partition coefficient (Wildman–Crippen LogP) is 3.34. The number of hydrogen-bond acceptors (Lipinski definition) is 4. The van der Waals surface area contributed by atoms with Crippen molar-refractivity contribution in [2.24, 2.45) is 10.9 Å². The van der Waals surface area contributed by atoms with E-state index in [0.29, 0.717) is 5.92 Å². The minimum atomic E-state index is 0.617. The Hall–Kier alpha value is -2.21. The molecule has 140 valence electrons. The highest BCUT2D eigenvalue weighted by Gasteiger charge is 2.23. The molecule has 2 aromatic rings. The Kier molecular flexibility index (Phi) is 6.77. The maximum absolute atomic E-state index is 5.34. The quantitative estimate of drug-likeness (QED) is 0.578. The molecule has 6 heteroatoms. The SMILES string of the molecule is CCNC(=NCc1cccs1)NCC1CCN(c2cccc(OC)c2)C1. The maximum atomic E-state index is 5.34. The minimum absolute atomic E-state index is 0.617. The number of nitrogens with zero attached hydrogens (tertiary/aromatic N) is 2. The molecule has 1 fully saturated rings. The molecule has 0 amide bonds. The summed E-state index contributed by atoms with van der Waals surface area (Å²) in [6.45, 7) is 6.79.